The minimum Gasteiger partial charge on any atom is -0.103 e. The molecule has 0 unspecified atom stereocenters. The fraction of sp³-hybridized carbons (Fsp3) is 0.529. The molecule has 1 aromatic carbocycles. The molecule has 0 saturated carbocycles. The number of hydrogen-bond acceptors (Lipinski definition) is 0. The Kier molecular flexibility index (Phi) is 4.19. The lowest BCUT2D eigenvalue weighted by atomic mass is 9.79. The molecule has 17 heavy (non-hydrogen) atoms. The van der Waals surface area contributed by atoms with Crippen LogP contribution in [0.5, 0.6) is 0 Å². The standard InChI is InChI=1S/C17H26/c1-8-9-14-10-15(12(2)3)13(4)16(11-14)17(5,6)7/h8,10-12H,1,9H2,2-7H3. The molecule has 94 valence electrons. The van der Waals surface area contributed by atoms with Crippen molar-refractivity contribution in [3.63, 3.8) is 0 Å². The Morgan fingerprint density at radius 1 is 1.24 bits per heavy atom. The first-order valence-electron chi connectivity index (χ1n) is 6.52. The van der Waals surface area contributed by atoms with Crippen molar-refractivity contribution in [3.8, 4) is 0 Å². The Hall–Kier alpha value is -1.04. The van der Waals surface area contributed by atoms with Gasteiger partial charge in [-0.2, -0.15) is 0 Å². The third-order valence-corrected chi connectivity index (χ3v) is 3.32. The summed E-state index contributed by atoms with van der Waals surface area (Å²) in [5.74, 6) is 0.584. The van der Waals surface area contributed by atoms with Crippen LogP contribution in [0.25, 0.3) is 0 Å². The van der Waals surface area contributed by atoms with E-state index in [0.29, 0.717) is 5.92 Å². The SMILES string of the molecule is C=CCc1cc(C(C)C)c(C)c(C(C)(C)C)c1. The van der Waals surface area contributed by atoms with Gasteiger partial charge < -0.3 is 0 Å². The summed E-state index contributed by atoms with van der Waals surface area (Å²) in [5.41, 5.74) is 6.01. The van der Waals surface area contributed by atoms with E-state index in [4.69, 9.17) is 0 Å². The zero-order chi connectivity index (χ0) is 13.2. The van der Waals surface area contributed by atoms with Gasteiger partial charge >= 0.3 is 0 Å². The van der Waals surface area contributed by atoms with Gasteiger partial charge in [0, 0.05) is 0 Å². The molecule has 1 rings (SSSR count). The average Bonchev–Trinajstić information content (AvgIpc) is 2.18. The van der Waals surface area contributed by atoms with E-state index in [2.05, 4.69) is 60.3 Å². The minimum atomic E-state index is 0.213. The van der Waals surface area contributed by atoms with Crippen LogP contribution in [0, 0.1) is 6.92 Å². The molecule has 0 aliphatic carbocycles. The predicted octanol–water partition coefficient (Wildman–Crippen LogP) is 5.14. The van der Waals surface area contributed by atoms with Gasteiger partial charge in [-0.05, 0) is 46.9 Å². The molecule has 0 amide bonds. The van der Waals surface area contributed by atoms with Crippen molar-refractivity contribution >= 4 is 0 Å². The fourth-order valence-corrected chi connectivity index (χ4v) is 2.46. The highest BCUT2D eigenvalue weighted by Crippen LogP contribution is 2.32. The van der Waals surface area contributed by atoms with E-state index < -0.39 is 0 Å². The maximum Gasteiger partial charge on any atom is -0.00999 e. The highest BCUT2D eigenvalue weighted by Gasteiger charge is 2.19. The monoisotopic (exact) mass is 230 g/mol. The number of hydrogen-bond donors (Lipinski definition) is 0. The molecule has 0 aliphatic rings. The van der Waals surface area contributed by atoms with E-state index in [0.717, 1.165) is 6.42 Å². The summed E-state index contributed by atoms with van der Waals surface area (Å²) in [4.78, 5) is 0. The Morgan fingerprint density at radius 3 is 2.24 bits per heavy atom. The lowest BCUT2D eigenvalue weighted by molar-refractivity contribution is 0.583. The van der Waals surface area contributed by atoms with Crippen LogP contribution in [0.4, 0.5) is 0 Å². The highest BCUT2D eigenvalue weighted by molar-refractivity contribution is 5.43. The molecule has 0 bridgehead atoms. The largest absolute Gasteiger partial charge is 0.103 e. The maximum absolute atomic E-state index is 3.84. The number of allylic oxidation sites excluding steroid dienone is 1. The van der Waals surface area contributed by atoms with Crippen LogP contribution in [-0.4, -0.2) is 0 Å². The third kappa shape index (κ3) is 3.21. The van der Waals surface area contributed by atoms with Crippen LogP contribution in [0.1, 0.15) is 62.8 Å². The van der Waals surface area contributed by atoms with Gasteiger partial charge in [-0.3, -0.25) is 0 Å². The number of rotatable bonds is 3. The molecule has 0 radical (unpaired) electrons. The Morgan fingerprint density at radius 2 is 1.82 bits per heavy atom. The maximum atomic E-state index is 3.84. The molecule has 0 heterocycles. The van der Waals surface area contributed by atoms with E-state index in [9.17, 15) is 0 Å². The van der Waals surface area contributed by atoms with Gasteiger partial charge in [0.15, 0.2) is 0 Å². The van der Waals surface area contributed by atoms with Crippen molar-refractivity contribution < 1.29 is 0 Å². The third-order valence-electron chi connectivity index (χ3n) is 3.32. The molecule has 0 N–H and O–H groups in total. The summed E-state index contributed by atoms with van der Waals surface area (Å²) < 4.78 is 0. The zero-order valence-electron chi connectivity index (χ0n) is 12.2. The second-order valence-electron chi connectivity index (χ2n) is 6.26. The topological polar surface area (TPSA) is 0 Å². The van der Waals surface area contributed by atoms with Crippen LogP contribution in [-0.2, 0) is 11.8 Å². The molecule has 0 heteroatoms. The van der Waals surface area contributed by atoms with E-state index in [1.54, 1.807) is 0 Å². The first-order valence-corrected chi connectivity index (χ1v) is 6.52. The summed E-state index contributed by atoms with van der Waals surface area (Å²) in [7, 11) is 0. The molecule has 0 fully saturated rings. The highest BCUT2D eigenvalue weighted by atomic mass is 14.2. The van der Waals surface area contributed by atoms with Crippen molar-refractivity contribution in [3.05, 3.63) is 47.0 Å². The fourth-order valence-electron chi connectivity index (χ4n) is 2.46. The molecule has 0 aliphatic heterocycles. The summed E-state index contributed by atoms with van der Waals surface area (Å²) in [5, 5.41) is 0. The first kappa shape index (κ1) is 14.0. The Bertz CT molecular complexity index is 403. The predicted molar refractivity (Wildman–Crippen MR) is 77.9 cm³/mol. The normalized spacial score (nSPS) is 11.9. The lowest BCUT2D eigenvalue weighted by Crippen LogP contribution is -2.15. The van der Waals surface area contributed by atoms with Crippen molar-refractivity contribution in [2.45, 2.75) is 59.3 Å². The summed E-state index contributed by atoms with van der Waals surface area (Å²) in [6.45, 7) is 17.5. The van der Waals surface area contributed by atoms with E-state index in [-0.39, 0.29) is 5.41 Å². The van der Waals surface area contributed by atoms with Gasteiger partial charge in [-0.25, -0.2) is 0 Å². The summed E-state index contributed by atoms with van der Waals surface area (Å²) >= 11 is 0. The second kappa shape index (κ2) is 5.08. The molecule has 0 atom stereocenters. The van der Waals surface area contributed by atoms with E-state index in [1.165, 1.54) is 22.3 Å². The van der Waals surface area contributed by atoms with Crippen molar-refractivity contribution in [1.82, 2.24) is 0 Å². The van der Waals surface area contributed by atoms with Gasteiger partial charge in [0.05, 0.1) is 0 Å². The molecular formula is C17H26. The first-order chi connectivity index (χ1) is 7.77. The van der Waals surface area contributed by atoms with E-state index >= 15 is 0 Å². The van der Waals surface area contributed by atoms with Gasteiger partial charge in [0.25, 0.3) is 0 Å². The minimum absolute atomic E-state index is 0.213. The van der Waals surface area contributed by atoms with Crippen LogP contribution in [0.15, 0.2) is 24.8 Å². The van der Waals surface area contributed by atoms with E-state index in [1.807, 2.05) is 6.08 Å². The second-order valence-corrected chi connectivity index (χ2v) is 6.26. The summed E-state index contributed by atoms with van der Waals surface area (Å²) in [6, 6.07) is 4.69. The van der Waals surface area contributed by atoms with Crippen LogP contribution in [0.3, 0.4) is 0 Å². The van der Waals surface area contributed by atoms with Crippen LogP contribution < -0.4 is 0 Å². The van der Waals surface area contributed by atoms with Gasteiger partial charge in [-0.1, -0.05) is 52.8 Å². The zero-order valence-corrected chi connectivity index (χ0v) is 12.2. The quantitative estimate of drug-likeness (QED) is 0.630. The smallest absolute Gasteiger partial charge is 0.00999 e. The van der Waals surface area contributed by atoms with Gasteiger partial charge in [0.2, 0.25) is 0 Å². The molecule has 0 spiro atoms. The molecule has 0 nitrogen and oxygen atoms in total. The van der Waals surface area contributed by atoms with Gasteiger partial charge in [0.1, 0.15) is 0 Å². The number of benzene rings is 1. The van der Waals surface area contributed by atoms with Gasteiger partial charge in [-0.15, -0.1) is 6.58 Å². The van der Waals surface area contributed by atoms with Crippen LogP contribution >= 0.6 is 0 Å². The molecule has 1 aromatic rings. The van der Waals surface area contributed by atoms with Crippen molar-refractivity contribution in [1.29, 1.82) is 0 Å². The summed E-state index contributed by atoms with van der Waals surface area (Å²) in [6.07, 6.45) is 2.95. The molecule has 0 aromatic heterocycles. The van der Waals surface area contributed by atoms with Crippen LogP contribution in [0.2, 0.25) is 0 Å². The Balaban J connectivity index is 3.43. The molecular weight excluding hydrogens is 204 g/mol. The van der Waals surface area contributed by atoms with Crippen molar-refractivity contribution in [2.75, 3.05) is 0 Å². The lowest BCUT2D eigenvalue weighted by Gasteiger charge is -2.26. The molecule has 0 saturated heterocycles. The van der Waals surface area contributed by atoms with Crippen molar-refractivity contribution in [2.24, 2.45) is 0 Å². The average molecular weight is 230 g/mol. The Labute approximate surface area is 107 Å².